The van der Waals surface area contributed by atoms with Crippen LogP contribution in [0.1, 0.15) is 17.4 Å². The first kappa shape index (κ1) is 19.5. The van der Waals surface area contributed by atoms with Crippen LogP contribution in [-0.4, -0.2) is 21.8 Å². The summed E-state index contributed by atoms with van der Waals surface area (Å²) in [5.74, 6) is -2.38. The number of aliphatic hydroxyl groups is 1. The summed E-state index contributed by atoms with van der Waals surface area (Å²) in [5, 5.41) is 11.7. The number of hydrogen-bond acceptors (Lipinski definition) is 6. The second-order valence-corrected chi connectivity index (χ2v) is 8.25. The van der Waals surface area contributed by atoms with Crippen LogP contribution in [0.25, 0.3) is 16.0 Å². The number of benzene rings is 2. The SMILES string of the molecule is O=C1C(=O)N(c2nc3ccc(Cl)cc3s2)C(c2ccco2)C1=C(O)c1ccc(F)cc1. The van der Waals surface area contributed by atoms with Gasteiger partial charge in [-0.15, -0.1) is 0 Å². The minimum atomic E-state index is -1.03. The summed E-state index contributed by atoms with van der Waals surface area (Å²) in [6, 6.07) is 12.3. The Kier molecular flexibility index (Phi) is 4.60. The smallest absolute Gasteiger partial charge is 0.302 e. The minimum absolute atomic E-state index is 0.163. The zero-order valence-electron chi connectivity index (χ0n) is 15.6. The number of Topliss-reactive ketones (excluding diaryl/α,β-unsaturated/α-hetero) is 1. The molecule has 1 fully saturated rings. The molecule has 0 bridgehead atoms. The van der Waals surface area contributed by atoms with E-state index in [1.165, 1.54) is 34.6 Å². The van der Waals surface area contributed by atoms with Gasteiger partial charge in [0, 0.05) is 10.6 Å². The summed E-state index contributed by atoms with van der Waals surface area (Å²) in [4.78, 5) is 31.7. The van der Waals surface area contributed by atoms with Gasteiger partial charge in [-0.3, -0.25) is 14.5 Å². The number of fused-ring (bicyclic) bond motifs is 1. The second kappa shape index (κ2) is 7.33. The molecule has 1 atom stereocenters. The molecule has 0 spiro atoms. The van der Waals surface area contributed by atoms with E-state index in [-0.39, 0.29) is 22.0 Å². The van der Waals surface area contributed by atoms with E-state index in [0.29, 0.717) is 10.5 Å². The molecule has 0 saturated carbocycles. The van der Waals surface area contributed by atoms with Crippen LogP contribution in [0.5, 0.6) is 0 Å². The van der Waals surface area contributed by atoms with Crippen LogP contribution >= 0.6 is 22.9 Å². The number of carbonyl (C=O) groups is 2. The highest BCUT2D eigenvalue weighted by Gasteiger charge is 2.49. The molecule has 31 heavy (non-hydrogen) atoms. The summed E-state index contributed by atoms with van der Waals surface area (Å²) >= 11 is 7.24. The fourth-order valence-electron chi connectivity index (χ4n) is 3.50. The van der Waals surface area contributed by atoms with Gasteiger partial charge in [-0.1, -0.05) is 22.9 Å². The molecule has 1 aliphatic rings. The van der Waals surface area contributed by atoms with Gasteiger partial charge in [0.2, 0.25) is 0 Å². The van der Waals surface area contributed by atoms with E-state index < -0.39 is 29.3 Å². The van der Waals surface area contributed by atoms with Crippen molar-refractivity contribution in [2.75, 3.05) is 4.90 Å². The fraction of sp³-hybridized carbons (Fsp3) is 0.0455. The van der Waals surface area contributed by atoms with Crippen molar-refractivity contribution in [2.45, 2.75) is 6.04 Å². The predicted octanol–water partition coefficient (Wildman–Crippen LogP) is 5.31. The van der Waals surface area contributed by atoms with Gasteiger partial charge in [0.15, 0.2) is 5.13 Å². The highest BCUT2D eigenvalue weighted by atomic mass is 35.5. The average molecular weight is 455 g/mol. The van der Waals surface area contributed by atoms with Crippen LogP contribution < -0.4 is 4.90 Å². The first-order chi connectivity index (χ1) is 14.9. The Morgan fingerprint density at radius 1 is 1.16 bits per heavy atom. The summed E-state index contributed by atoms with van der Waals surface area (Å²) < 4.78 is 19.6. The Morgan fingerprint density at radius 2 is 1.94 bits per heavy atom. The first-order valence-corrected chi connectivity index (χ1v) is 10.3. The van der Waals surface area contributed by atoms with E-state index in [0.717, 1.165) is 16.8 Å². The van der Waals surface area contributed by atoms with Gasteiger partial charge in [-0.05, 0) is 54.6 Å². The van der Waals surface area contributed by atoms with Crippen LogP contribution in [0, 0.1) is 5.82 Å². The Balaban J connectivity index is 1.71. The molecule has 4 aromatic rings. The van der Waals surface area contributed by atoms with Gasteiger partial charge in [-0.25, -0.2) is 9.37 Å². The summed E-state index contributed by atoms with van der Waals surface area (Å²) in [6.45, 7) is 0. The van der Waals surface area contributed by atoms with Crippen molar-refractivity contribution in [1.29, 1.82) is 0 Å². The van der Waals surface area contributed by atoms with Crippen LogP contribution in [0.2, 0.25) is 5.02 Å². The molecular weight excluding hydrogens is 443 g/mol. The lowest BCUT2D eigenvalue weighted by molar-refractivity contribution is -0.132. The minimum Gasteiger partial charge on any atom is -0.507 e. The second-order valence-electron chi connectivity index (χ2n) is 6.80. The molecule has 154 valence electrons. The maximum absolute atomic E-state index is 13.3. The predicted molar refractivity (Wildman–Crippen MR) is 115 cm³/mol. The molecule has 9 heteroatoms. The van der Waals surface area contributed by atoms with E-state index in [9.17, 15) is 19.1 Å². The van der Waals surface area contributed by atoms with Crippen molar-refractivity contribution in [3.63, 3.8) is 0 Å². The van der Waals surface area contributed by atoms with Crippen molar-refractivity contribution in [3.05, 3.63) is 88.6 Å². The van der Waals surface area contributed by atoms with Gasteiger partial charge in [0.1, 0.15) is 23.4 Å². The highest BCUT2D eigenvalue weighted by molar-refractivity contribution is 7.22. The lowest BCUT2D eigenvalue weighted by Crippen LogP contribution is -2.29. The van der Waals surface area contributed by atoms with E-state index in [1.54, 1.807) is 30.3 Å². The molecule has 1 amide bonds. The third kappa shape index (κ3) is 3.20. The van der Waals surface area contributed by atoms with Crippen molar-refractivity contribution >= 4 is 55.7 Å². The topological polar surface area (TPSA) is 83.6 Å². The quantitative estimate of drug-likeness (QED) is 0.258. The van der Waals surface area contributed by atoms with Crippen molar-refractivity contribution in [1.82, 2.24) is 4.98 Å². The Labute approximate surface area is 183 Å². The first-order valence-electron chi connectivity index (χ1n) is 9.10. The van der Waals surface area contributed by atoms with Crippen LogP contribution in [0.3, 0.4) is 0 Å². The Morgan fingerprint density at radius 3 is 2.65 bits per heavy atom. The number of rotatable bonds is 3. The number of amides is 1. The zero-order valence-corrected chi connectivity index (χ0v) is 17.2. The maximum Gasteiger partial charge on any atom is 0.302 e. The van der Waals surface area contributed by atoms with Crippen LogP contribution in [0.15, 0.2) is 70.9 Å². The lowest BCUT2D eigenvalue weighted by Gasteiger charge is -2.20. The lowest BCUT2D eigenvalue weighted by atomic mass is 9.99. The van der Waals surface area contributed by atoms with Gasteiger partial charge >= 0.3 is 5.91 Å². The fourth-order valence-corrected chi connectivity index (χ4v) is 4.77. The number of ketones is 1. The molecule has 6 nitrogen and oxygen atoms in total. The molecule has 0 radical (unpaired) electrons. The molecule has 5 rings (SSSR count). The maximum atomic E-state index is 13.3. The summed E-state index contributed by atoms with van der Waals surface area (Å²) in [7, 11) is 0. The van der Waals surface area contributed by atoms with Gasteiger partial charge in [0.25, 0.3) is 5.78 Å². The van der Waals surface area contributed by atoms with Crippen LogP contribution in [0.4, 0.5) is 9.52 Å². The normalized spacial score (nSPS) is 18.3. The highest BCUT2D eigenvalue weighted by Crippen LogP contribution is 2.44. The van der Waals surface area contributed by atoms with Crippen molar-refractivity contribution in [2.24, 2.45) is 0 Å². The average Bonchev–Trinajstić information content (AvgIpc) is 3.47. The molecule has 1 saturated heterocycles. The van der Waals surface area contributed by atoms with Gasteiger partial charge < -0.3 is 9.52 Å². The number of furan rings is 1. The molecule has 1 unspecified atom stereocenters. The van der Waals surface area contributed by atoms with E-state index in [1.807, 2.05) is 0 Å². The third-order valence-electron chi connectivity index (χ3n) is 4.92. The molecule has 2 aromatic carbocycles. The molecule has 0 aliphatic carbocycles. The zero-order chi connectivity index (χ0) is 21.7. The number of aliphatic hydroxyl groups excluding tert-OH is 1. The monoisotopic (exact) mass is 454 g/mol. The van der Waals surface area contributed by atoms with E-state index in [2.05, 4.69) is 4.98 Å². The van der Waals surface area contributed by atoms with Gasteiger partial charge in [-0.2, -0.15) is 0 Å². The van der Waals surface area contributed by atoms with E-state index in [4.69, 9.17) is 16.0 Å². The number of thiazole rings is 1. The number of aromatic nitrogens is 1. The third-order valence-corrected chi connectivity index (χ3v) is 6.17. The summed E-state index contributed by atoms with van der Waals surface area (Å²) in [6.07, 6.45) is 1.41. The number of nitrogens with zero attached hydrogens (tertiary/aromatic N) is 2. The molecule has 1 aliphatic heterocycles. The molecule has 2 aromatic heterocycles. The largest absolute Gasteiger partial charge is 0.507 e. The van der Waals surface area contributed by atoms with Crippen molar-refractivity contribution in [3.8, 4) is 0 Å². The molecule has 1 N–H and O–H groups in total. The molecular formula is C22H12ClFN2O4S. The number of halogens is 2. The van der Waals surface area contributed by atoms with Crippen molar-refractivity contribution < 1.29 is 23.5 Å². The van der Waals surface area contributed by atoms with Crippen LogP contribution in [-0.2, 0) is 9.59 Å². The van der Waals surface area contributed by atoms with Gasteiger partial charge in [0.05, 0.1) is 22.1 Å². The van der Waals surface area contributed by atoms with E-state index >= 15 is 0 Å². The number of anilines is 1. The number of carbonyl (C=O) groups excluding carboxylic acids is 2. The number of hydrogen-bond donors (Lipinski definition) is 1. The standard InChI is InChI=1S/C22H12ClFN2O4S/c23-12-5-8-14-16(10-12)31-22(25-14)26-18(15-2-1-9-30-15)17(20(28)21(26)29)19(27)11-3-6-13(24)7-4-11/h1-10,18,27H. The Bertz CT molecular complexity index is 1360. The summed E-state index contributed by atoms with van der Waals surface area (Å²) in [5.41, 5.74) is 0.652. The molecule has 3 heterocycles. The Hall–Kier alpha value is -3.49.